The summed E-state index contributed by atoms with van der Waals surface area (Å²) in [6.45, 7) is 6.45. The van der Waals surface area contributed by atoms with Crippen molar-refractivity contribution in [2.24, 2.45) is 20.8 Å². The van der Waals surface area contributed by atoms with Gasteiger partial charge < -0.3 is 53.8 Å². The number of ether oxygens (including phenoxy) is 8. The molecule has 0 aromatic heterocycles. The van der Waals surface area contributed by atoms with Crippen molar-refractivity contribution in [1.82, 2.24) is 16.0 Å². The Morgan fingerprint density at radius 2 is 0.814 bits per heavy atom. The molecule has 336 valence electrons. The number of hydrogen-bond acceptors (Lipinski definition) is 15. The van der Waals surface area contributed by atoms with E-state index >= 15 is 0 Å². The van der Waals surface area contributed by atoms with Crippen LogP contribution in [0, 0.1) is 5.41 Å². The van der Waals surface area contributed by atoms with Gasteiger partial charge in [-0.25, -0.2) is 0 Å². The molecule has 0 bridgehead atoms. The van der Waals surface area contributed by atoms with Gasteiger partial charge in [-0.1, -0.05) is 22.3 Å². The Hall–Kier alpha value is -4.31. The Balaban J connectivity index is 5.38. The minimum absolute atomic E-state index is 0.0181. The molecule has 3 amide bonds. The Morgan fingerprint density at radius 3 is 1.19 bits per heavy atom. The molecule has 0 aliphatic heterocycles. The van der Waals surface area contributed by atoms with Crippen LogP contribution in [0.25, 0.3) is 31.3 Å². The van der Waals surface area contributed by atoms with Gasteiger partial charge in [0, 0.05) is 99.3 Å². The summed E-state index contributed by atoms with van der Waals surface area (Å²) in [6, 6.07) is 0. The molecule has 0 unspecified atom stereocenters. The van der Waals surface area contributed by atoms with E-state index in [-0.39, 0.29) is 174 Å². The highest BCUT2D eigenvalue weighted by molar-refractivity contribution is 5.78. The van der Waals surface area contributed by atoms with E-state index in [0.717, 1.165) is 6.42 Å². The normalized spacial score (nSPS) is 11.7. The summed E-state index contributed by atoms with van der Waals surface area (Å²) in [5.74, 6) is -0.770. The fraction of sp³-hybridized carbons (Fsp3) is 0.886. The number of carbonyl (C=O) groups excluding carboxylic acids is 4. The van der Waals surface area contributed by atoms with E-state index in [1.54, 1.807) is 0 Å². The average Bonchev–Trinajstić information content (AvgIpc) is 3.23. The SMILES string of the molecule is CCCOCCNC(=O)CCOCC(COCCC(=O)CCCOCCN=[N+]=[N-])(COCCC(=O)NCCOCCN=[N+]=[N-])COCCC(=O)NCCOCCN=[N+]=[N-]. The predicted molar refractivity (Wildman–Crippen MR) is 213 cm³/mol. The second-order valence-corrected chi connectivity index (χ2v) is 12.7. The van der Waals surface area contributed by atoms with Gasteiger partial charge in [-0.3, -0.25) is 19.2 Å². The van der Waals surface area contributed by atoms with Crippen molar-refractivity contribution in [1.29, 1.82) is 0 Å². The number of Topliss-reactive ketones (excluding diaryl/α,β-unsaturated/α-hetero) is 1. The van der Waals surface area contributed by atoms with Gasteiger partial charge in [0.05, 0.1) is 97.9 Å². The van der Waals surface area contributed by atoms with Crippen molar-refractivity contribution in [3.63, 3.8) is 0 Å². The lowest BCUT2D eigenvalue weighted by atomic mass is 9.92. The molecule has 0 radical (unpaired) electrons. The molecule has 0 aliphatic carbocycles. The first-order valence-electron chi connectivity index (χ1n) is 19.8. The van der Waals surface area contributed by atoms with E-state index in [0.29, 0.717) is 32.8 Å². The first-order valence-corrected chi connectivity index (χ1v) is 19.8. The molecular formula is C35H64N12O12. The molecule has 0 spiro atoms. The minimum atomic E-state index is -0.959. The molecule has 0 aromatic carbocycles. The predicted octanol–water partition coefficient (Wildman–Crippen LogP) is 2.70. The Kier molecular flexibility index (Phi) is 38.8. The molecule has 0 aromatic rings. The lowest BCUT2D eigenvalue weighted by Gasteiger charge is -2.33. The fourth-order valence-electron chi connectivity index (χ4n) is 4.64. The number of carbonyl (C=O) groups is 4. The van der Waals surface area contributed by atoms with E-state index in [2.05, 4.69) is 46.0 Å². The van der Waals surface area contributed by atoms with Crippen LogP contribution in [-0.2, 0) is 57.1 Å². The third-order valence-electron chi connectivity index (χ3n) is 7.57. The highest BCUT2D eigenvalue weighted by Crippen LogP contribution is 2.22. The Labute approximate surface area is 345 Å². The Bertz CT molecular complexity index is 1140. The largest absolute Gasteiger partial charge is 0.381 e. The number of rotatable bonds is 44. The molecule has 0 saturated heterocycles. The fourth-order valence-corrected chi connectivity index (χ4v) is 4.64. The third kappa shape index (κ3) is 37.7. The average molecular weight is 845 g/mol. The molecular weight excluding hydrogens is 780 g/mol. The van der Waals surface area contributed by atoms with E-state index in [1.807, 2.05) is 6.92 Å². The molecule has 0 aliphatic rings. The Morgan fingerprint density at radius 1 is 0.458 bits per heavy atom. The maximum absolute atomic E-state index is 12.5. The lowest BCUT2D eigenvalue weighted by molar-refractivity contribution is -0.128. The van der Waals surface area contributed by atoms with Crippen LogP contribution < -0.4 is 16.0 Å². The van der Waals surface area contributed by atoms with E-state index in [9.17, 15) is 19.2 Å². The van der Waals surface area contributed by atoms with Crippen molar-refractivity contribution in [3.05, 3.63) is 31.3 Å². The van der Waals surface area contributed by atoms with E-state index in [1.165, 1.54) is 0 Å². The molecule has 0 heterocycles. The highest BCUT2D eigenvalue weighted by Gasteiger charge is 2.33. The van der Waals surface area contributed by atoms with Crippen molar-refractivity contribution >= 4 is 23.5 Å². The van der Waals surface area contributed by atoms with Crippen molar-refractivity contribution in [3.8, 4) is 0 Å². The van der Waals surface area contributed by atoms with Crippen molar-refractivity contribution in [2.75, 3.05) is 145 Å². The number of hydrogen-bond donors (Lipinski definition) is 3. The second kappa shape index (κ2) is 41.8. The summed E-state index contributed by atoms with van der Waals surface area (Å²) in [4.78, 5) is 57.7. The summed E-state index contributed by atoms with van der Waals surface area (Å²) < 4.78 is 45.2. The molecule has 59 heavy (non-hydrogen) atoms. The van der Waals surface area contributed by atoms with Crippen LogP contribution >= 0.6 is 0 Å². The smallest absolute Gasteiger partial charge is 0.222 e. The monoisotopic (exact) mass is 844 g/mol. The van der Waals surface area contributed by atoms with Gasteiger partial charge in [0.15, 0.2) is 0 Å². The summed E-state index contributed by atoms with van der Waals surface area (Å²) in [5.41, 5.74) is 24.0. The maximum Gasteiger partial charge on any atom is 0.222 e. The topological polar surface area (TPSA) is 324 Å². The quantitative estimate of drug-likeness (QED) is 0.0345. The standard InChI is InChI=1S/C35H64N12O12/c1-2-15-52-21-9-39-32(49)6-18-57-28-35(27-56-17-5-31(48)4-3-16-53-24-12-42-45-36,29-58-19-7-33(50)40-10-22-54-25-13-43-46-37)30-59-20-8-34(51)41-11-23-55-26-14-44-47-38/h2-30H2,1H3,(H,39,49)(H,40,50)(H,41,51). The second-order valence-electron chi connectivity index (χ2n) is 12.7. The van der Waals surface area contributed by atoms with Gasteiger partial charge in [0.1, 0.15) is 5.78 Å². The van der Waals surface area contributed by atoms with Crippen LogP contribution in [0.1, 0.15) is 51.9 Å². The molecule has 0 fully saturated rings. The van der Waals surface area contributed by atoms with Gasteiger partial charge >= 0.3 is 0 Å². The number of azide groups is 3. The van der Waals surface area contributed by atoms with Crippen LogP contribution in [0.2, 0.25) is 0 Å². The number of amides is 3. The molecule has 0 rings (SSSR count). The van der Waals surface area contributed by atoms with Gasteiger partial charge in [-0.15, -0.1) is 0 Å². The van der Waals surface area contributed by atoms with Crippen LogP contribution in [0.5, 0.6) is 0 Å². The van der Waals surface area contributed by atoms with E-state index < -0.39 is 5.41 Å². The van der Waals surface area contributed by atoms with Gasteiger partial charge in [0.2, 0.25) is 17.7 Å². The molecule has 24 nitrogen and oxygen atoms in total. The van der Waals surface area contributed by atoms with Crippen molar-refractivity contribution < 1.29 is 57.1 Å². The first kappa shape index (κ1) is 54.7. The molecule has 24 heteroatoms. The zero-order valence-corrected chi connectivity index (χ0v) is 34.4. The summed E-state index contributed by atoms with van der Waals surface area (Å²) in [6.07, 6.45) is 1.98. The lowest BCUT2D eigenvalue weighted by Crippen LogP contribution is -2.43. The van der Waals surface area contributed by atoms with Gasteiger partial charge in [-0.05, 0) is 29.4 Å². The van der Waals surface area contributed by atoms with E-state index in [4.69, 9.17) is 54.5 Å². The zero-order valence-electron chi connectivity index (χ0n) is 34.4. The molecule has 3 N–H and O–H groups in total. The number of nitrogens with one attached hydrogen (secondary N) is 3. The summed E-state index contributed by atoms with van der Waals surface area (Å²) in [7, 11) is 0. The summed E-state index contributed by atoms with van der Waals surface area (Å²) in [5, 5.41) is 18.4. The third-order valence-corrected chi connectivity index (χ3v) is 7.57. The van der Waals surface area contributed by atoms with Crippen LogP contribution in [-0.4, -0.2) is 168 Å². The highest BCUT2D eigenvalue weighted by atomic mass is 16.5. The minimum Gasteiger partial charge on any atom is -0.381 e. The molecule has 0 atom stereocenters. The summed E-state index contributed by atoms with van der Waals surface area (Å²) >= 11 is 0. The molecule has 0 saturated carbocycles. The maximum atomic E-state index is 12.5. The van der Waals surface area contributed by atoms with Gasteiger partial charge in [0.25, 0.3) is 0 Å². The zero-order chi connectivity index (χ0) is 43.3. The van der Waals surface area contributed by atoms with Crippen LogP contribution in [0.3, 0.4) is 0 Å². The number of nitrogens with zero attached hydrogens (tertiary/aromatic N) is 9. The van der Waals surface area contributed by atoms with Crippen LogP contribution in [0.15, 0.2) is 15.3 Å². The van der Waals surface area contributed by atoms with Crippen molar-refractivity contribution in [2.45, 2.75) is 51.9 Å². The van der Waals surface area contributed by atoms with Gasteiger partial charge in [-0.2, -0.15) is 0 Å². The van der Waals surface area contributed by atoms with Crippen LogP contribution in [0.4, 0.5) is 0 Å². The number of ketones is 1. The first-order chi connectivity index (χ1) is 28.8.